The number of carbonyl (C=O) groups is 3. The molecule has 3 aromatic carbocycles. The fourth-order valence-electron chi connectivity index (χ4n) is 3.69. The summed E-state index contributed by atoms with van der Waals surface area (Å²) in [5.41, 5.74) is 1.08. The van der Waals surface area contributed by atoms with Gasteiger partial charge in [0, 0.05) is 0 Å². The van der Waals surface area contributed by atoms with Gasteiger partial charge in [0.25, 0.3) is 34.7 Å². The van der Waals surface area contributed by atoms with E-state index >= 15 is 0 Å². The van der Waals surface area contributed by atoms with E-state index in [4.69, 9.17) is 13.3 Å². The van der Waals surface area contributed by atoms with Crippen molar-refractivity contribution in [1.29, 1.82) is 0 Å². The highest BCUT2D eigenvalue weighted by Gasteiger charge is 2.56. The van der Waals surface area contributed by atoms with Gasteiger partial charge in [-0.05, 0) is 42.8 Å². The zero-order valence-electron chi connectivity index (χ0n) is 21.6. The first kappa shape index (κ1) is 28.3. The second-order valence-electron chi connectivity index (χ2n) is 9.19. The standard InChI is InChI=1S/C28H33O6Si3/c1-5-18-28(25(29)32-35-22-12-6-19(2)7-13-22,26(30)33-36-23-14-8-20(3)9-15-23)27(31)34-37-24-16-10-21(4)11-17-24/h6-17H,1,5,18,35-37H2,2-4H3. The highest BCUT2D eigenvalue weighted by atomic mass is 28.2. The third-order valence-corrected chi connectivity index (χ3v) is 9.70. The number of benzene rings is 3. The summed E-state index contributed by atoms with van der Waals surface area (Å²) in [7, 11) is -4.61. The van der Waals surface area contributed by atoms with Crippen molar-refractivity contribution in [1.82, 2.24) is 0 Å². The molecule has 0 aromatic heterocycles. The van der Waals surface area contributed by atoms with Crippen LogP contribution >= 0.6 is 0 Å². The molecule has 0 aliphatic carbocycles. The quantitative estimate of drug-likeness (QED) is 0.254. The largest absolute Gasteiger partial charge is 0.519 e. The molecule has 193 valence electrons. The van der Waals surface area contributed by atoms with Gasteiger partial charge in [0.15, 0.2) is 0 Å². The van der Waals surface area contributed by atoms with Gasteiger partial charge >= 0.3 is 17.9 Å². The Labute approximate surface area is 225 Å². The van der Waals surface area contributed by atoms with E-state index in [2.05, 4.69) is 6.92 Å². The maximum atomic E-state index is 13.5. The molecule has 0 heterocycles. The summed E-state index contributed by atoms with van der Waals surface area (Å²) in [6.45, 7) is 9.72. The third-order valence-electron chi connectivity index (χ3n) is 6.07. The van der Waals surface area contributed by atoms with Crippen LogP contribution in [0.1, 0.15) is 29.5 Å². The Hall–Kier alpha value is -3.28. The Balaban J connectivity index is 1.83. The Morgan fingerprint density at radius 3 is 1.11 bits per heavy atom. The molecule has 0 atom stereocenters. The van der Waals surface area contributed by atoms with Crippen molar-refractivity contribution in [3.05, 3.63) is 96.4 Å². The first-order chi connectivity index (χ1) is 17.7. The first-order valence-corrected chi connectivity index (χ1v) is 16.1. The van der Waals surface area contributed by atoms with E-state index in [9.17, 15) is 14.4 Å². The number of rotatable bonds is 11. The maximum absolute atomic E-state index is 13.5. The second kappa shape index (κ2) is 13.3. The molecule has 37 heavy (non-hydrogen) atoms. The molecule has 3 rings (SSSR count). The summed E-state index contributed by atoms with van der Waals surface area (Å²) in [6.07, 6.45) is 0.0138. The molecule has 9 heteroatoms. The summed E-state index contributed by atoms with van der Waals surface area (Å²) in [5, 5.41) is 2.65. The minimum absolute atomic E-state index is 0.142. The third kappa shape index (κ3) is 7.61. The highest BCUT2D eigenvalue weighted by molar-refractivity contribution is 6.52. The molecule has 0 spiro atoms. The molecule has 0 unspecified atom stereocenters. The van der Waals surface area contributed by atoms with Crippen LogP contribution in [0.5, 0.6) is 0 Å². The van der Waals surface area contributed by atoms with Gasteiger partial charge in [0.05, 0.1) is 0 Å². The molecule has 0 aliphatic rings. The zero-order valence-corrected chi connectivity index (χ0v) is 25.9. The van der Waals surface area contributed by atoms with Gasteiger partial charge in [-0.15, -0.1) is 0 Å². The van der Waals surface area contributed by atoms with E-state index in [0.29, 0.717) is 0 Å². The van der Waals surface area contributed by atoms with E-state index < -0.39 is 52.6 Å². The predicted octanol–water partition coefficient (Wildman–Crippen LogP) is 0.370. The molecule has 0 saturated carbocycles. The van der Waals surface area contributed by atoms with Gasteiger partial charge in [-0.25, -0.2) is 0 Å². The monoisotopic (exact) mass is 549 g/mol. The van der Waals surface area contributed by atoms with Gasteiger partial charge in [-0.2, -0.15) is 0 Å². The van der Waals surface area contributed by atoms with Crippen LogP contribution in [0.2, 0.25) is 0 Å². The lowest BCUT2D eigenvalue weighted by Gasteiger charge is -2.28. The van der Waals surface area contributed by atoms with Crippen LogP contribution in [-0.4, -0.2) is 47.2 Å². The van der Waals surface area contributed by atoms with E-state index in [1.54, 1.807) is 0 Å². The first-order valence-electron chi connectivity index (χ1n) is 12.2. The zero-order chi connectivity index (χ0) is 26.8. The van der Waals surface area contributed by atoms with Crippen molar-refractivity contribution in [2.75, 3.05) is 0 Å². The van der Waals surface area contributed by atoms with Crippen LogP contribution in [0.4, 0.5) is 0 Å². The van der Waals surface area contributed by atoms with Gasteiger partial charge in [-0.1, -0.05) is 103 Å². The lowest BCUT2D eigenvalue weighted by atomic mass is 9.83. The molecular weight excluding hydrogens is 517 g/mol. The molecule has 3 aromatic rings. The van der Waals surface area contributed by atoms with E-state index in [-0.39, 0.29) is 12.8 Å². The number of hydrogen-bond acceptors (Lipinski definition) is 6. The van der Waals surface area contributed by atoms with Crippen LogP contribution < -0.4 is 15.6 Å². The SMILES string of the molecule is [CH2]CCC(C(=O)O[SiH2]c1ccc(C)cc1)(C(=O)O[SiH2]c1ccc(C)cc1)C(=O)O[SiH2]c1ccc(C)cc1. The topological polar surface area (TPSA) is 78.9 Å². The van der Waals surface area contributed by atoms with Gasteiger partial charge in [0.1, 0.15) is 0 Å². The normalized spacial score (nSPS) is 13.3. The van der Waals surface area contributed by atoms with Crippen molar-refractivity contribution in [3.8, 4) is 0 Å². The molecule has 0 aliphatic heterocycles. The summed E-state index contributed by atoms with van der Waals surface area (Å²) in [4.78, 5) is 40.5. The molecule has 0 amide bonds. The van der Waals surface area contributed by atoms with Crippen molar-refractivity contribution >= 4 is 62.8 Å². The molecule has 1 radical (unpaired) electrons. The Bertz CT molecular complexity index is 1060. The van der Waals surface area contributed by atoms with Gasteiger partial charge in [-0.3, -0.25) is 14.4 Å². The molecule has 0 N–H and O–H groups in total. The smallest absolute Gasteiger partial charge is 0.321 e. The minimum atomic E-state index is -2.19. The van der Waals surface area contributed by atoms with Crippen molar-refractivity contribution in [2.24, 2.45) is 5.41 Å². The lowest BCUT2D eigenvalue weighted by Crippen LogP contribution is -2.51. The average Bonchev–Trinajstić information content (AvgIpc) is 2.90. The van der Waals surface area contributed by atoms with E-state index in [1.165, 1.54) is 0 Å². The van der Waals surface area contributed by atoms with Crippen LogP contribution in [0, 0.1) is 33.1 Å². The average molecular weight is 550 g/mol. The molecular formula is C28H33O6Si3. The van der Waals surface area contributed by atoms with Gasteiger partial charge in [0.2, 0.25) is 0 Å². The summed E-state index contributed by atoms with van der Waals surface area (Å²) >= 11 is 0. The number of hydrogen-bond donors (Lipinski definition) is 0. The Morgan fingerprint density at radius 1 is 0.595 bits per heavy atom. The van der Waals surface area contributed by atoms with Crippen LogP contribution in [-0.2, 0) is 27.7 Å². The molecule has 0 fully saturated rings. The van der Waals surface area contributed by atoms with Crippen LogP contribution in [0.3, 0.4) is 0 Å². The fourth-order valence-corrected chi connectivity index (χ4v) is 6.61. The minimum Gasteiger partial charge on any atom is -0.519 e. The fraction of sp³-hybridized carbons (Fsp3) is 0.214. The van der Waals surface area contributed by atoms with Crippen LogP contribution in [0.25, 0.3) is 0 Å². The maximum Gasteiger partial charge on any atom is 0.321 e. The second-order valence-corrected chi connectivity index (χ2v) is 13.4. The van der Waals surface area contributed by atoms with Crippen molar-refractivity contribution in [3.63, 3.8) is 0 Å². The van der Waals surface area contributed by atoms with Crippen LogP contribution in [0.15, 0.2) is 72.8 Å². The van der Waals surface area contributed by atoms with Crippen molar-refractivity contribution in [2.45, 2.75) is 33.6 Å². The number of carbonyl (C=O) groups excluding carboxylic acids is 3. The van der Waals surface area contributed by atoms with Gasteiger partial charge < -0.3 is 13.3 Å². The predicted molar refractivity (Wildman–Crippen MR) is 153 cm³/mol. The summed E-state index contributed by atoms with van der Waals surface area (Å²) in [6, 6.07) is 22.9. The highest BCUT2D eigenvalue weighted by Crippen LogP contribution is 2.30. The summed E-state index contributed by atoms with van der Waals surface area (Å²) < 4.78 is 17.0. The molecule has 0 bridgehead atoms. The summed E-state index contributed by atoms with van der Waals surface area (Å²) in [5.74, 6) is -2.72. The Morgan fingerprint density at radius 2 is 0.865 bits per heavy atom. The number of aryl methyl sites for hydroxylation is 3. The lowest BCUT2D eigenvalue weighted by molar-refractivity contribution is -0.172. The molecule has 0 saturated heterocycles. The Kier molecular flexibility index (Phi) is 10.2. The molecule has 6 nitrogen and oxygen atoms in total. The van der Waals surface area contributed by atoms with E-state index in [0.717, 1.165) is 32.3 Å². The van der Waals surface area contributed by atoms with E-state index in [1.807, 2.05) is 93.6 Å². The van der Waals surface area contributed by atoms with Crippen molar-refractivity contribution < 1.29 is 27.7 Å².